The van der Waals surface area contributed by atoms with Crippen molar-refractivity contribution in [2.24, 2.45) is 5.92 Å². The molecule has 0 heteroatoms. The van der Waals surface area contributed by atoms with Crippen LogP contribution in [0.25, 0.3) is 6.08 Å². The van der Waals surface area contributed by atoms with Crippen molar-refractivity contribution < 1.29 is 0 Å². The molecule has 0 N–H and O–H groups in total. The summed E-state index contributed by atoms with van der Waals surface area (Å²) >= 11 is 0. The van der Waals surface area contributed by atoms with Crippen LogP contribution in [-0.2, 0) is 0 Å². The third-order valence-corrected chi connectivity index (χ3v) is 4.33. The van der Waals surface area contributed by atoms with Crippen LogP contribution in [0, 0.1) is 5.92 Å². The molecular weight excluding hydrogens is 192 g/mol. The van der Waals surface area contributed by atoms with Gasteiger partial charge in [0, 0.05) is 5.92 Å². The largest absolute Gasteiger partial charge is 0.0649 e. The van der Waals surface area contributed by atoms with Crippen LogP contribution in [0.2, 0.25) is 0 Å². The molecule has 0 amide bonds. The average Bonchev–Trinajstić information content (AvgIpc) is 2.66. The molecule has 16 heavy (non-hydrogen) atoms. The number of fused-ring (bicyclic) bond motifs is 1. The molecule has 0 spiro atoms. The van der Waals surface area contributed by atoms with Crippen molar-refractivity contribution in [2.45, 2.75) is 44.9 Å². The lowest BCUT2D eigenvalue weighted by atomic mass is 9.75. The summed E-state index contributed by atoms with van der Waals surface area (Å²) in [7, 11) is 0. The molecule has 2 aliphatic carbocycles. The standard InChI is InChI=1S/C16H20/c1-12-11-14-9-5-6-10-15(14)16(12)13-7-3-2-4-8-13/h5-6,9-11,13,16H,2-4,7-8H2,1H3. The fraction of sp³-hybridized carbons (Fsp3) is 0.500. The maximum Gasteiger partial charge on any atom is 0.00829 e. The van der Waals surface area contributed by atoms with Crippen molar-refractivity contribution in [2.75, 3.05) is 0 Å². The van der Waals surface area contributed by atoms with Crippen LogP contribution in [-0.4, -0.2) is 0 Å². The van der Waals surface area contributed by atoms with Gasteiger partial charge in [-0.2, -0.15) is 0 Å². The van der Waals surface area contributed by atoms with Gasteiger partial charge >= 0.3 is 0 Å². The van der Waals surface area contributed by atoms with Gasteiger partial charge in [-0.3, -0.25) is 0 Å². The molecule has 0 aliphatic heterocycles. The van der Waals surface area contributed by atoms with E-state index < -0.39 is 0 Å². The summed E-state index contributed by atoms with van der Waals surface area (Å²) in [6, 6.07) is 8.95. The van der Waals surface area contributed by atoms with Crippen molar-refractivity contribution in [1.82, 2.24) is 0 Å². The first-order chi connectivity index (χ1) is 7.86. The van der Waals surface area contributed by atoms with Gasteiger partial charge in [0.2, 0.25) is 0 Å². The Balaban J connectivity index is 1.93. The van der Waals surface area contributed by atoms with Crippen LogP contribution in [0.1, 0.15) is 56.1 Å². The third kappa shape index (κ3) is 1.61. The molecule has 1 fully saturated rings. The summed E-state index contributed by atoms with van der Waals surface area (Å²) in [6.07, 6.45) is 9.60. The molecule has 0 aromatic heterocycles. The van der Waals surface area contributed by atoms with E-state index in [4.69, 9.17) is 0 Å². The molecule has 1 atom stereocenters. The van der Waals surface area contributed by atoms with Gasteiger partial charge in [-0.15, -0.1) is 0 Å². The summed E-state index contributed by atoms with van der Waals surface area (Å²) < 4.78 is 0. The Morgan fingerprint density at radius 2 is 1.75 bits per heavy atom. The Morgan fingerprint density at radius 1 is 1.00 bits per heavy atom. The highest BCUT2D eigenvalue weighted by atomic mass is 14.3. The van der Waals surface area contributed by atoms with Crippen molar-refractivity contribution in [3.63, 3.8) is 0 Å². The second-order valence-corrected chi connectivity index (χ2v) is 5.39. The molecule has 3 rings (SSSR count). The van der Waals surface area contributed by atoms with Gasteiger partial charge in [0.25, 0.3) is 0 Å². The van der Waals surface area contributed by atoms with Crippen LogP contribution < -0.4 is 0 Å². The van der Waals surface area contributed by atoms with E-state index in [2.05, 4.69) is 37.3 Å². The second-order valence-electron chi connectivity index (χ2n) is 5.39. The minimum Gasteiger partial charge on any atom is -0.0649 e. The van der Waals surface area contributed by atoms with Gasteiger partial charge in [-0.1, -0.05) is 55.2 Å². The molecule has 2 aliphatic rings. The molecule has 1 aromatic rings. The monoisotopic (exact) mass is 212 g/mol. The fourth-order valence-electron chi connectivity index (χ4n) is 3.60. The van der Waals surface area contributed by atoms with Crippen LogP contribution >= 0.6 is 0 Å². The summed E-state index contributed by atoms with van der Waals surface area (Å²) in [5.41, 5.74) is 4.65. The van der Waals surface area contributed by atoms with E-state index in [1.54, 1.807) is 11.1 Å². The van der Waals surface area contributed by atoms with Gasteiger partial charge in [0.1, 0.15) is 0 Å². The van der Waals surface area contributed by atoms with Crippen molar-refractivity contribution >= 4 is 6.08 Å². The average molecular weight is 212 g/mol. The van der Waals surface area contributed by atoms with Crippen molar-refractivity contribution in [3.05, 3.63) is 41.0 Å². The minimum absolute atomic E-state index is 0.733. The number of allylic oxidation sites excluding steroid dienone is 1. The lowest BCUT2D eigenvalue weighted by Crippen LogP contribution is -2.15. The molecule has 0 radical (unpaired) electrons. The van der Waals surface area contributed by atoms with Gasteiger partial charge in [-0.05, 0) is 36.8 Å². The molecule has 1 unspecified atom stereocenters. The predicted octanol–water partition coefficient (Wildman–Crippen LogP) is 4.77. The molecule has 0 bridgehead atoms. The Hall–Kier alpha value is -1.04. The van der Waals surface area contributed by atoms with Crippen LogP contribution in [0.15, 0.2) is 29.8 Å². The molecule has 1 saturated carbocycles. The molecular formula is C16H20. The quantitative estimate of drug-likeness (QED) is 0.629. The van der Waals surface area contributed by atoms with E-state index in [9.17, 15) is 0 Å². The molecule has 0 saturated heterocycles. The number of benzene rings is 1. The smallest absolute Gasteiger partial charge is 0.00829 e. The van der Waals surface area contributed by atoms with E-state index in [0.717, 1.165) is 11.8 Å². The van der Waals surface area contributed by atoms with E-state index >= 15 is 0 Å². The van der Waals surface area contributed by atoms with E-state index in [1.807, 2.05) is 0 Å². The summed E-state index contributed by atoms with van der Waals surface area (Å²) in [4.78, 5) is 0. The Labute approximate surface area is 98.4 Å². The minimum atomic E-state index is 0.733. The highest BCUT2D eigenvalue weighted by Crippen LogP contribution is 2.45. The summed E-state index contributed by atoms with van der Waals surface area (Å²) in [5, 5.41) is 0. The van der Waals surface area contributed by atoms with E-state index in [0.29, 0.717) is 0 Å². The van der Waals surface area contributed by atoms with Gasteiger partial charge in [-0.25, -0.2) is 0 Å². The maximum atomic E-state index is 2.40. The molecule has 0 nitrogen and oxygen atoms in total. The number of hydrogen-bond donors (Lipinski definition) is 0. The molecule has 0 heterocycles. The Kier molecular flexibility index (Phi) is 2.59. The zero-order valence-electron chi connectivity index (χ0n) is 10.1. The topological polar surface area (TPSA) is 0 Å². The number of hydrogen-bond acceptors (Lipinski definition) is 0. The molecule has 1 aromatic carbocycles. The fourth-order valence-corrected chi connectivity index (χ4v) is 3.60. The van der Waals surface area contributed by atoms with E-state index in [1.165, 1.54) is 37.7 Å². The van der Waals surface area contributed by atoms with Crippen molar-refractivity contribution in [1.29, 1.82) is 0 Å². The number of rotatable bonds is 1. The van der Waals surface area contributed by atoms with Gasteiger partial charge in [0.05, 0.1) is 0 Å². The van der Waals surface area contributed by atoms with Gasteiger partial charge in [0.15, 0.2) is 0 Å². The zero-order valence-corrected chi connectivity index (χ0v) is 10.1. The van der Waals surface area contributed by atoms with Crippen molar-refractivity contribution in [3.8, 4) is 0 Å². The highest BCUT2D eigenvalue weighted by molar-refractivity contribution is 5.66. The first-order valence-electron chi connectivity index (χ1n) is 6.63. The molecule has 84 valence electrons. The lowest BCUT2D eigenvalue weighted by Gasteiger charge is -2.29. The van der Waals surface area contributed by atoms with Crippen LogP contribution in [0.4, 0.5) is 0 Å². The van der Waals surface area contributed by atoms with Crippen LogP contribution in [0.3, 0.4) is 0 Å². The first-order valence-corrected chi connectivity index (χ1v) is 6.63. The van der Waals surface area contributed by atoms with Crippen LogP contribution in [0.5, 0.6) is 0 Å². The van der Waals surface area contributed by atoms with E-state index in [-0.39, 0.29) is 0 Å². The maximum absolute atomic E-state index is 2.40. The Bertz CT molecular complexity index is 408. The third-order valence-electron chi connectivity index (χ3n) is 4.33. The first kappa shape index (κ1) is 10.1. The summed E-state index contributed by atoms with van der Waals surface area (Å²) in [6.45, 7) is 2.32. The predicted molar refractivity (Wildman–Crippen MR) is 69.4 cm³/mol. The Morgan fingerprint density at radius 3 is 2.56 bits per heavy atom. The normalized spacial score (nSPS) is 25.3. The lowest BCUT2D eigenvalue weighted by molar-refractivity contribution is 0.327. The SMILES string of the molecule is CC1=Cc2ccccc2C1C1CCCCC1. The van der Waals surface area contributed by atoms with Gasteiger partial charge < -0.3 is 0 Å². The second kappa shape index (κ2) is 4.08. The highest BCUT2D eigenvalue weighted by Gasteiger charge is 2.30. The summed E-state index contributed by atoms with van der Waals surface area (Å²) in [5.74, 6) is 1.64. The zero-order chi connectivity index (χ0) is 11.0.